The first-order valence-electron chi connectivity index (χ1n) is 5.07. The van der Waals surface area contributed by atoms with Crippen LogP contribution in [-0.4, -0.2) is 23.3 Å². The van der Waals surface area contributed by atoms with E-state index in [1.54, 1.807) is 12.1 Å². The third-order valence-electron chi connectivity index (χ3n) is 2.40. The number of aromatic hydroxyl groups is 1. The predicted molar refractivity (Wildman–Crippen MR) is 60.1 cm³/mol. The molecule has 0 radical (unpaired) electrons. The molecule has 1 aromatic carbocycles. The summed E-state index contributed by atoms with van der Waals surface area (Å²) in [7, 11) is 1.45. The standard InChI is InChI=1S/C12H16O4/c1-7(2)8-4-9(6-11(13)14)12(15)10(5-8)16-3/h4-5,7,15H,6H2,1-3H3,(H,13,14). The van der Waals surface area contributed by atoms with E-state index in [-0.39, 0.29) is 18.1 Å². The first kappa shape index (κ1) is 12.4. The van der Waals surface area contributed by atoms with Gasteiger partial charge in [-0.1, -0.05) is 19.9 Å². The Hall–Kier alpha value is -1.71. The lowest BCUT2D eigenvalue weighted by Gasteiger charge is -2.13. The molecule has 0 aliphatic carbocycles. The minimum Gasteiger partial charge on any atom is -0.504 e. The van der Waals surface area contributed by atoms with E-state index in [0.29, 0.717) is 11.3 Å². The molecule has 0 aliphatic rings. The minimum absolute atomic E-state index is 0.0886. The van der Waals surface area contributed by atoms with Gasteiger partial charge in [-0.3, -0.25) is 4.79 Å². The Kier molecular flexibility index (Phi) is 3.77. The normalized spacial score (nSPS) is 10.5. The second-order valence-corrected chi connectivity index (χ2v) is 3.96. The van der Waals surface area contributed by atoms with Crippen LogP contribution < -0.4 is 4.74 Å². The Bertz CT molecular complexity index is 396. The van der Waals surface area contributed by atoms with Crippen molar-refractivity contribution < 1.29 is 19.7 Å². The number of ether oxygens (including phenoxy) is 1. The maximum atomic E-state index is 10.6. The Morgan fingerprint density at radius 1 is 1.44 bits per heavy atom. The molecule has 4 nitrogen and oxygen atoms in total. The topological polar surface area (TPSA) is 66.8 Å². The number of hydrogen-bond acceptors (Lipinski definition) is 3. The molecular weight excluding hydrogens is 208 g/mol. The van der Waals surface area contributed by atoms with Gasteiger partial charge >= 0.3 is 5.97 Å². The summed E-state index contributed by atoms with van der Waals surface area (Å²) >= 11 is 0. The summed E-state index contributed by atoms with van der Waals surface area (Å²) in [4.78, 5) is 10.6. The van der Waals surface area contributed by atoms with Gasteiger partial charge in [0.1, 0.15) is 0 Å². The second kappa shape index (κ2) is 4.88. The van der Waals surface area contributed by atoms with Gasteiger partial charge in [0.2, 0.25) is 0 Å². The molecule has 88 valence electrons. The van der Waals surface area contributed by atoms with Gasteiger partial charge in [0.15, 0.2) is 11.5 Å². The largest absolute Gasteiger partial charge is 0.504 e. The average molecular weight is 224 g/mol. The maximum Gasteiger partial charge on any atom is 0.307 e. The first-order valence-corrected chi connectivity index (χ1v) is 5.07. The molecule has 1 aromatic rings. The van der Waals surface area contributed by atoms with Gasteiger partial charge in [0.25, 0.3) is 0 Å². The smallest absolute Gasteiger partial charge is 0.307 e. The first-order chi connectivity index (χ1) is 7.45. The van der Waals surface area contributed by atoms with E-state index in [0.717, 1.165) is 5.56 Å². The molecule has 0 bridgehead atoms. The average Bonchev–Trinajstić information content (AvgIpc) is 2.20. The molecular formula is C12H16O4. The van der Waals surface area contributed by atoms with E-state index in [2.05, 4.69) is 0 Å². The van der Waals surface area contributed by atoms with Crippen molar-refractivity contribution in [1.82, 2.24) is 0 Å². The SMILES string of the molecule is COc1cc(C(C)C)cc(CC(=O)O)c1O. The molecule has 0 amide bonds. The van der Waals surface area contributed by atoms with E-state index in [4.69, 9.17) is 9.84 Å². The molecule has 4 heteroatoms. The Labute approximate surface area is 94.5 Å². The summed E-state index contributed by atoms with van der Waals surface area (Å²) in [5.41, 5.74) is 1.33. The monoisotopic (exact) mass is 224 g/mol. The summed E-state index contributed by atoms with van der Waals surface area (Å²) in [6.45, 7) is 3.99. The number of methoxy groups -OCH3 is 1. The number of hydrogen-bond donors (Lipinski definition) is 2. The van der Waals surface area contributed by atoms with Crippen molar-refractivity contribution in [3.63, 3.8) is 0 Å². The van der Waals surface area contributed by atoms with Crippen LogP contribution in [0.25, 0.3) is 0 Å². The zero-order valence-electron chi connectivity index (χ0n) is 9.65. The number of carboxylic acids is 1. The number of phenolic OH excluding ortho intramolecular Hbond substituents is 1. The molecule has 0 atom stereocenters. The van der Waals surface area contributed by atoms with Crippen LogP contribution in [0.3, 0.4) is 0 Å². The fraction of sp³-hybridized carbons (Fsp3) is 0.417. The molecule has 0 aromatic heterocycles. The number of carboxylic acid groups (broad SMARTS) is 1. The molecule has 0 saturated carbocycles. The van der Waals surface area contributed by atoms with Crippen LogP contribution in [-0.2, 0) is 11.2 Å². The van der Waals surface area contributed by atoms with Crippen LogP contribution in [0, 0.1) is 0 Å². The highest BCUT2D eigenvalue weighted by Crippen LogP contribution is 2.34. The Morgan fingerprint density at radius 2 is 2.06 bits per heavy atom. The molecule has 0 saturated heterocycles. The van der Waals surface area contributed by atoms with Crippen LogP contribution >= 0.6 is 0 Å². The lowest BCUT2D eigenvalue weighted by Crippen LogP contribution is -2.03. The molecule has 0 spiro atoms. The van der Waals surface area contributed by atoms with E-state index < -0.39 is 5.97 Å². The summed E-state index contributed by atoms with van der Waals surface area (Å²) in [6.07, 6.45) is -0.206. The van der Waals surface area contributed by atoms with Gasteiger partial charge in [0, 0.05) is 5.56 Å². The zero-order valence-corrected chi connectivity index (χ0v) is 9.65. The number of phenols is 1. The third kappa shape index (κ3) is 2.66. The summed E-state index contributed by atoms with van der Waals surface area (Å²) in [5, 5.41) is 18.5. The second-order valence-electron chi connectivity index (χ2n) is 3.96. The Balaban J connectivity index is 3.24. The van der Waals surface area contributed by atoms with E-state index in [1.807, 2.05) is 13.8 Å². The Morgan fingerprint density at radius 3 is 2.50 bits per heavy atom. The van der Waals surface area contributed by atoms with Gasteiger partial charge in [-0.25, -0.2) is 0 Å². The van der Waals surface area contributed by atoms with Crippen LogP contribution in [0.4, 0.5) is 0 Å². The molecule has 0 heterocycles. The highest BCUT2D eigenvalue weighted by molar-refractivity contribution is 5.72. The third-order valence-corrected chi connectivity index (χ3v) is 2.40. The lowest BCUT2D eigenvalue weighted by molar-refractivity contribution is -0.136. The molecule has 1 rings (SSSR count). The van der Waals surface area contributed by atoms with E-state index >= 15 is 0 Å². The van der Waals surface area contributed by atoms with Crippen molar-refractivity contribution in [3.8, 4) is 11.5 Å². The zero-order chi connectivity index (χ0) is 12.3. The molecule has 0 unspecified atom stereocenters. The number of rotatable bonds is 4. The minimum atomic E-state index is -0.974. The lowest BCUT2D eigenvalue weighted by atomic mass is 9.98. The summed E-state index contributed by atoms with van der Waals surface area (Å²) in [6, 6.07) is 3.43. The van der Waals surface area contributed by atoms with Crippen molar-refractivity contribution in [2.75, 3.05) is 7.11 Å². The van der Waals surface area contributed by atoms with Crippen LogP contribution in [0.2, 0.25) is 0 Å². The maximum absolute atomic E-state index is 10.6. The fourth-order valence-corrected chi connectivity index (χ4v) is 1.48. The van der Waals surface area contributed by atoms with E-state index in [9.17, 15) is 9.90 Å². The number of benzene rings is 1. The highest BCUT2D eigenvalue weighted by Gasteiger charge is 2.14. The van der Waals surface area contributed by atoms with E-state index in [1.165, 1.54) is 7.11 Å². The molecule has 0 fully saturated rings. The predicted octanol–water partition coefficient (Wildman–Crippen LogP) is 2.15. The van der Waals surface area contributed by atoms with Crippen molar-refractivity contribution >= 4 is 5.97 Å². The fourth-order valence-electron chi connectivity index (χ4n) is 1.48. The molecule has 0 aliphatic heterocycles. The number of carbonyl (C=O) groups is 1. The quantitative estimate of drug-likeness (QED) is 0.822. The van der Waals surface area contributed by atoms with Crippen LogP contribution in [0.15, 0.2) is 12.1 Å². The van der Waals surface area contributed by atoms with Crippen molar-refractivity contribution in [2.45, 2.75) is 26.2 Å². The van der Waals surface area contributed by atoms with Crippen molar-refractivity contribution in [1.29, 1.82) is 0 Å². The van der Waals surface area contributed by atoms with Gasteiger partial charge in [-0.05, 0) is 17.5 Å². The number of aliphatic carboxylic acids is 1. The van der Waals surface area contributed by atoms with Gasteiger partial charge in [0.05, 0.1) is 13.5 Å². The molecule has 2 N–H and O–H groups in total. The van der Waals surface area contributed by atoms with Gasteiger partial charge in [-0.2, -0.15) is 0 Å². The summed E-state index contributed by atoms with van der Waals surface area (Å²) in [5.74, 6) is -0.489. The van der Waals surface area contributed by atoms with Crippen LogP contribution in [0.1, 0.15) is 30.9 Å². The van der Waals surface area contributed by atoms with Crippen molar-refractivity contribution in [3.05, 3.63) is 23.3 Å². The van der Waals surface area contributed by atoms with Crippen molar-refractivity contribution in [2.24, 2.45) is 0 Å². The molecule has 16 heavy (non-hydrogen) atoms. The highest BCUT2D eigenvalue weighted by atomic mass is 16.5. The van der Waals surface area contributed by atoms with Gasteiger partial charge in [-0.15, -0.1) is 0 Å². The van der Waals surface area contributed by atoms with Crippen LogP contribution in [0.5, 0.6) is 11.5 Å². The van der Waals surface area contributed by atoms with Gasteiger partial charge < -0.3 is 14.9 Å². The summed E-state index contributed by atoms with van der Waals surface area (Å²) < 4.78 is 5.02.